The molecule has 1 fully saturated rings. The molecule has 5 heteroatoms. The first-order valence-corrected chi connectivity index (χ1v) is 7.05. The molecule has 0 atom stereocenters. The highest BCUT2D eigenvalue weighted by atomic mass is 19.1. The fraction of sp³-hybridized carbons (Fsp3) is 0.533. The summed E-state index contributed by atoms with van der Waals surface area (Å²) in [4.78, 5) is 11.8. The van der Waals surface area contributed by atoms with Gasteiger partial charge in [-0.3, -0.25) is 4.79 Å². The monoisotopic (exact) mass is 281 g/mol. The van der Waals surface area contributed by atoms with Gasteiger partial charge in [0.25, 0.3) is 5.91 Å². The Balaban J connectivity index is 1.73. The number of nitrogens with one attached hydrogen (secondary N) is 1. The molecule has 1 aromatic carbocycles. The summed E-state index contributed by atoms with van der Waals surface area (Å²) in [5.41, 5.74) is -0.0531. The van der Waals surface area contributed by atoms with Crippen LogP contribution in [0, 0.1) is 5.82 Å². The summed E-state index contributed by atoms with van der Waals surface area (Å²) in [6.07, 6.45) is 6.14. The van der Waals surface area contributed by atoms with Gasteiger partial charge in [-0.1, -0.05) is 19.3 Å². The van der Waals surface area contributed by atoms with Crippen molar-refractivity contribution in [3.8, 4) is 5.75 Å². The number of halogens is 1. The molecule has 0 spiro atoms. The molecule has 110 valence electrons. The van der Waals surface area contributed by atoms with E-state index in [1.807, 2.05) is 0 Å². The molecule has 0 heterocycles. The number of ether oxygens (including phenoxy) is 1. The number of benzene rings is 1. The third-order valence-electron chi connectivity index (χ3n) is 3.50. The van der Waals surface area contributed by atoms with Gasteiger partial charge in [0, 0.05) is 6.54 Å². The van der Waals surface area contributed by atoms with E-state index in [2.05, 4.69) is 5.32 Å². The maximum atomic E-state index is 13.0. The van der Waals surface area contributed by atoms with E-state index >= 15 is 0 Å². The molecule has 2 rings (SSSR count). The number of hydrogen-bond donors (Lipinski definition) is 2. The van der Waals surface area contributed by atoms with Gasteiger partial charge in [-0.05, 0) is 31.0 Å². The first-order chi connectivity index (χ1) is 9.66. The molecule has 2 N–H and O–H groups in total. The largest absolute Gasteiger partial charge is 0.507 e. The number of aromatic hydroxyl groups is 1. The lowest BCUT2D eigenvalue weighted by molar-refractivity contribution is 0.0299. The highest BCUT2D eigenvalue weighted by molar-refractivity contribution is 5.96. The minimum absolute atomic E-state index is 0.0531. The Kier molecular flexibility index (Phi) is 5.35. The van der Waals surface area contributed by atoms with Crippen molar-refractivity contribution in [2.75, 3.05) is 13.2 Å². The van der Waals surface area contributed by atoms with Crippen LogP contribution >= 0.6 is 0 Å². The lowest BCUT2D eigenvalue weighted by atomic mass is 9.98. The normalized spacial score (nSPS) is 16.1. The number of carbonyl (C=O) groups is 1. The highest BCUT2D eigenvalue weighted by Crippen LogP contribution is 2.20. The van der Waals surface area contributed by atoms with Crippen LogP contribution in [0.2, 0.25) is 0 Å². The van der Waals surface area contributed by atoms with Crippen molar-refractivity contribution in [2.45, 2.75) is 38.2 Å². The van der Waals surface area contributed by atoms with Crippen molar-refractivity contribution in [3.63, 3.8) is 0 Å². The summed E-state index contributed by atoms with van der Waals surface area (Å²) in [7, 11) is 0. The van der Waals surface area contributed by atoms with Crippen molar-refractivity contribution < 1.29 is 19.0 Å². The predicted octanol–water partition coefficient (Wildman–Crippen LogP) is 2.61. The maximum Gasteiger partial charge on any atom is 0.255 e. The van der Waals surface area contributed by atoms with Gasteiger partial charge in [-0.25, -0.2) is 4.39 Å². The van der Waals surface area contributed by atoms with Gasteiger partial charge in [0.05, 0.1) is 18.3 Å². The van der Waals surface area contributed by atoms with Crippen LogP contribution in [0.15, 0.2) is 18.2 Å². The van der Waals surface area contributed by atoms with Crippen LogP contribution in [0.25, 0.3) is 0 Å². The first kappa shape index (κ1) is 14.8. The number of amides is 1. The number of rotatable bonds is 5. The van der Waals surface area contributed by atoms with E-state index in [1.165, 1.54) is 25.3 Å². The van der Waals surface area contributed by atoms with Crippen LogP contribution in [0.4, 0.5) is 4.39 Å². The second-order valence-electron chi connectivity index (χ2n) is 5.05. The smallest absolute Gasteiger partial charge is 0.255 e. The average Bonchev–Trinajstić information content (AvgIpc) is 2.47. The van der Waals surface area contributed by atoms with E-state index in [0.717, 1.165) is 25.0 Å². The Morgan fingerprint density at radius 3 is 2.85 bits per heavy atom. The Morgan fingerprint density at radius 1 is 1.35 bits per heavy atom. The Morgan fingerprint density at radius 2 is 2.10 bits per heavy atom. The molecule has 0 aromatic heterocycles. The molecule has 0 unspecified atom stereocenters. The van der Waals surface area contributed by atoms with Gasteiger partial charge < -0.3 is 15.2 Å². The van der Waals surface area contributed by atoms with Gasteiger partial charge in [-0.15, -0.1) is 0 Å². The van der Waals surface area contributed by atoms with E-state index in [1.54, 1.807) is 0 Å². The molecule has 0 radical (unpaired) electrons. The Bertz CT molecular complexity index is 458. The standard InChI is InChI=1S/C15H20FNO3/c16-11-6-7-14(18)13(10-11)15(19)17-8-9-20-12-4-2-1-3-5-12/h6-7,10,12,18H,1-5,8-9H2,(H,17,19). The number of carbonyl (C=O) groups excluding carboxylic acids is 1. The lowest BCUT2D eigenvalue weighted by Gasteiger charge is -2.22. The molecule has 1 aliphatic rings. The molecule has 4 nitrogen and oxygen atoms in total. The van der Waals surface area contributed by atoms with Gasteiger partial charge in [0.2, 0.25) is 0 Å². The van der Waals surface area contributed by atoms with Gasteiger partial charge >= 0.3 is 0 Å². The van der Waals surface area contributed by atoms with E-state index in [4.69, 9.17) is 4.74 Å². The third kappa shape index (κ3) is 4.20. The van der Waals surface area contributed by atoms with Crippen LogP contribution in [-0.2, 0) is 4.74 Å². The second kappa shape index (κ2) is 7.24. The maximum absolute atomic E-state index is 13.0. The minimum Gasteiger partial charge on any atom is -0.507 e. The lowest BCUT2D eigenvalue weighted by Crippen LogP contribution is -2.29. The zero-order chi connectivity index (χ0) is 14.4. The van der Waals surface area contributed by atoms with Gasteiger partial charge in [-0.2, -0.15) is 0 Å². The topological polar surface area (TPSA) is 58.6 Å². The quantitative estimate of drug-likeness (QED) is 0.816. The van der Waals surface area contributed by atoms with Crippen molar-refractivity contribution in [2.24, 2.45) is 0 Å². The molecule has 1 aromatic rings. The van der Waals surface area contributed by atoms with Crippen molar-refractivity contribution in [1.29, 1.82) is 0 Å². The van der Waals surface area contributed by atoms with E-state index < -0.39 is 11.7 Å². The molecule has 0 aliphatic heterocycles. The highest BCUT2D eigenvalue weighted by Gasteiger charge is 2.14. The number of hydrogen-bond acceptors (Lipinski definition) is 3. The van der Waals surface area contributed by atoms with Crippen LogP contribution < -0.4 is 5.32 Å². The van der Waals surface area contributed by atoms with Gasteiger partial charge in [0.15, 0.2) is 0 Å². The van der Waals surface area contributed by atoms with Crippen molar-refractivity contribution in [3.05, 3.63) is 29.6 Å². The zero-order valence-corrected chi connectivity index (χ0v) is 11.4. The molecule has 1 saturated carbocycles. The SMILES string of the molecule is O=C(NCCOC1CCCCC1)c1cc(F)ccc1O. The molecular weight excluding hydrogens is 261 g/mol. The molecule has 20 heavy (non-hydrogen) atoms. The molecule has 1 aliphatic carbocycles. The fourth-order valence-corrected chi connectivity index (χ4v) is 2.41. The number of phenolic OH excluding ortho intramolecular Hbond substituents is 1. The average molecular weight is 281 g/mol. The van der Waals surface area contributed by atoms with Crippen molar-refractivity contribution >= 4 is 5.91 Å². The summed E-state index contributed by atoms with van der Waals surface area (Å²) in [5.74, 6) is -1.27. The summed E-state index contributed by atoms with van der Waals surface area (Å²) in [6, 6.07) is 3.30. The van der Waals surface area contributed by atoms with Crippen molar-refractivity contribution in [1.82, 2.24) is 5.32 Å². The predicted molar refractivity (Wildman–Crippen MR) is 73.2 cm³/mol. The van der Waals surface area contributed by atoms with Crippen LogP contribution in [0.1, 0.15) is 42.5 Å². The summed E-state index contributed by atoms with van der Waals surface area (Å²) < 4.78 is 18.7. The van der Waals surface area contributed by atoms with E-state index in [9.17, 15) is 14.3 Å². The molecular formula is C15H20FNO3. The van der Waals surface area contributed by atoms with E-state index in [0.29, 0.717) is 19.3 Å². The molecule has 1 amide bonds. The van der Waals surface area contributed by atoms with Crippen LogP contribution in [0.3, 0.4) is 0 Å². The minimum atomic E-state index is -0.550. The summed E-state index contributed by atoms with van der Waals surface area (Å²) >= 11 is 0. The summed E-state index contributed by atoms with van der Waals surface area (Å²) in [5, 5.41) is 12.1. The van der Waals surface area contributed by atoms with Crippen LogP contribution in [-0.4, -0.2) is 30.3 Å². The molecule has 0 saturated heterocycles. The number of phenols is 1. The fourth-order valence-electron chi connectivity index (χ4n) is 2.41. The Hall–Kier alpha value is -1.62. The molecule has 0 bridgehead atoms. The second-order valence-corrected chi connectivity index (χ2v) is 5.05. The third-order valence-corrected chi connectivity index (χ3v) is 3.50. The van der Waals surface area contributed by atoms with Gasteiger partial charge in [0.1, 0.15) is 11.6 Å². The van der Waals surface area contributed by atoms with E-state index in [-0.39, 0.29) is 11.3 Å². The zero-order valence-electron chi connectivity index (χ0n) is 11.4. The Labute approximate surface area is 117 Å². The summed E-state index contributed by atoms with van der Waals surface area (Å²) in [6.45, 7) is 0.789. The first-order valence-electron chi connectivity index (χ1n) is 7.05. The van der Waals surface area contributed by atoms with Crippen LogP contribution in [0.5, 0.6) is 5.75 Å².